The summed E-state index contributed by atoms with van der Waals surface area (Å²) in [6.45, 7) is 7.30. The van der Waals surface area contributed by atoms with E-state index in [2.05, 4.69) is 124 Å². The lowest BCUT2D eigenvalue weighted by atomic mass is 10.1. The molecule has 0 aromatic heterocycles. The molecule has 0 spiro atoms. The van der Waals surface area contributed by atoms with Crippen molar-refractivity contribution in [2.24, 2.45) is 0 Å². The van der Waals surface area contributed by atoms with E-state index in [1.807, 2.05) is 6.08 Å². The predicted octanol–water partition coefficient (Wildman–Crippen LogP) is 13.3. The van der Waals surface area contributed by atoms with Gasteiger partial charge in [0.15, 0.2) is 6.10 Å². The molecule has 0 bridgehead atoms. The van der Waals surface area contributed by atoms with Crippen molar-refractivity contribution in [3.8, 4) is 0 Å². The lowest BCUT2D eigenvalue weighted by Gasteiger charge is -2.18. The summed E-state index contributed by atoms with van der Waals surface area (Å²) >= 11 is 0. The van der Waals surface area contributed by atoms with Gasteiger partial charge >= 0.3 is 11.9 Å². The van der Waals surface area contributed by atoms with Crippen molar-refractivity contribution < 1.29 is 23.8 Å². The molecule has 1 unspecified atom stereocenters. The van der Waals surface area contributed by atoms with Crippen LogP contribution in [0.2, 0.25) is 0 Å². The quantitative estimate of drug-likeness (QED) is 0.0371. The largest absolute Gasteiger partial charge is 0.462 e. The monoisotopic (exact) mass is 719 g/mol. The minimum atomic E-state index is -0.588. The van der Waals surface area contributed by atoms with Crippen molar-refractivity contribution in [3.63, 3.8) is 0 Å². The molecule has 5 nitrogen and oxygen atoms in total. The molecule has 0 aromatic carbocycles. The highest BCUT2D eigenvalue weighted by molar-refractivity contribution is 5.70. The Balaban J connectivity index is 4.30. The Kier molecular flexibility index (Phi) is 39.2. The highest BCUT2D eigenvalue weighted by Gasteiger charge is 2.17. The van der Waals surface area contributed by atoms with Crippen molar-refractivity contribution in [1.29, 1.82) is 0 Å². The van der Waals surface area contributed by atoms with Gasteiger partial charge < -0.3 is 14.2 Å². The van der Waals surface area contributed by atoms with Crippen molar-refractivity contribution in [2.45, 2.75) is 155 Å². The van der Waals surface area contributed by atoms with Crippen LogP contribution in [0, 0.1) is 0 Å². The molecule has 0 aromatic rings. The Labute approximate surface area is 319 Å². The zero-order valence-electron chi connectivity index (χ0n) is 33.3. The van der Waals surface area contributed by atoms with Gasteiger partial charge in [-0.15, -0.1) is 0 Å². The molecule has 0 amide bonds. The average Bonchev–Trinajstić information content (AvgIpc) is 3.14. The van der Waals surface area contributed by atoms with Crippen LogP contribution in [-0.2, 0) is 23.8 Å². The molecule has 1 atom stereocenters. The van der Waals surface area contributed by atoms with Gasteiger partial charge in [0.2, 0.25) is 0 Å². The Morgan fingerprint density at radius 3 is 1.40 bits per heavy atom. The molecule has 292 valence electrons. The molecule has 0 fully saturated rings. The normalized spacial score (nSPS) is 13.4. The number of hydrogen-bond donors (Lipinski definition) is 0. The topological polar surface area (TPSA) is 61.8 Å². The molecule has 0 aliphatic heterocycles. The van der Waals surface area contributed by atoms with E-state index in [-0.39, 0.29) is 25.2 Å². The van der Waals surface area contributed by atoms with Crippen molar-refractivity contribution in [1.82, 2.24) is 0 Å². The molecule has 0 N–H and O–H groups in total. The van der Waals surface area contributed by atoms with Crippen LogP contribution in [0.1, 0.15) is 149 Å². The number of rotatable bonds is 35. The lowest BCUT2D eigenvalue weighted by molar-refractivity contribution is -0.162. The van der Waals surface area contributed by atoms with Gasteiger partial charge in [-0.05, 0) is 89.9 Å². The van der Waals surface area contributed by atoms with Crippen LogP contribution in [0.5, 0.6) is 0 Å². The molecule has 0 saturated carbocycles. The Morgan fingerprint density at radius 1 is 0.442 bits per heavy atom. The van der Waals surface area contributed by atoms with Crippen LogP contribution >= 0.6 is 0 Å². The zero-order chi connectivity index (χ0) is 37.8. The number of hydrogen-bond acceptors (Lipinski definition) is 5. The maximum absolute atomic E-state index is 12.5. The van der Waals surface area contributed by atoms with Crippen LogP contribution < -0.4 is 0 Å². The third-order valence-electron chi connectivity index (χ3n) is 7.82. The molecule has 52 heavy (non-hydrogen) atoms. The van der Waals surface area contributed by atoms with E-state index in [1.165, 1.54) is 12.8 Å². The molecule has 0 aliphatic rings. The molecule has 0 radical (unpaired) electrons. The first-order valence-electron chi connectivity index (χ1n) is 20.4. The number of carbonyl (C=O) groups is 2. The van der Waals surface area contributed by atoms with E-state index >= 15 is 0 Å². The number of esters is 2. The summed E-state index contributed by atoms with van der Waals surface area (Å²) in [5.74, 6) is -0.542. The van der Waals surface area contributed by atoms with Crippen LogP contribution in [0.25, 0.3) is 0 Å². The van der Waals surface area contributed by atoms with Crippen LogP contribution in [0.15, 0.2) is 109 Å². The molecule has 0 rings (SSSR count). The van der Waals surface area contributed by atoms with E-state index in [0.29, 0.717) is 25.9 Å². The third kappa shape index (κ3) is 39.3. The fraction of sp³-hybridized carbons (Fsp3) is 0.574. The summed E-state index contributed by atoms with van der Waals surface area (Å²) in [6, 6.07) is 0. The Hall–Kier alpha value is -3.44. The van der Waals surface area contributed by atoms with Crippen molar-refractivity contribution >= 4 is 11.9 Å². The van der Waals surface area contributed by atoms with Gasteiger partial charge in [-0.25, -0.2) is 0 Å². The number of carbonyl (C=O) groups excluding carboxylic acids is 2. The van der Waals surface area contributed by atoms with Crippen molar-refractivity contribution in [2.75, 3.05) is 19.8 Å². The minimum absolute atomic E-state index is 0.0225. The SMILES string of the molecule is CC/C=C\C/C=C\C/C=C\C/C=C\C/C=C\CCCCOCC(COC(=O)CC/C=C\C/C=C\C/C=C\C/C=C\CC)OC(=O)CCCCCCC. The summed E-state index contributed by atoms with van der Waals surface area (Å²) in [4.78, 5) is 24.9. The van der Waals surface area contributed by atoms with E-state index in [1.54, 1.807) is 0 Å². The van der Waals surface area contributed by atoms with E-state index < -0.39 is 6.10 Å². The highest BCUT2D eigenvalue weighted by atomic mass is 16.6. The standard InChI is InChI=1S/C47H74O5/c1-4-7-10-13-15-17-19-21-22-23-24-25-27-29-31-33-36-39-42-50-43-45(52-47(49)41-38-34-12-9-6-3)44-51-46(48)40-37-35-32-30-28-26-20-18-16-14-11-8-5-2/h7-8,10-11,15-18,21-22,24-26,28-29,31-32,35,45H,4-6,9,12-14,19-20,23,27,30,33-34,36-44H2,1-3H3/b10-7-,11-8-,17-15-,18-16-,22-21-,25-24-,28-26-,31-29-,35-32-. The summed E-state index contributed by atoms with van der Waals surface area (Å²) in [7, 11) is 0. The second kappa shape index (κ2) is 42.0. The predicted molar refractivity (Wildman–Crippen MR) is 223 cm³/mol. The first kappa shape index (κ1) is 48.6. The molecule has 0 heterocycles. The molecular formula is C47H74O5. The maximum atomic E-state index is 12.5. The number of allylic oxidation sites excluding steroid dienone is 18. The first-order chi connectivity index (χ1) is 25.6. The minimum Gasteiger partial charge on any atom is -0.462 e. The second-order valence-corrected chi connectivity index (χ2v) is 12.8. The van der Waals surface area contributed by atoms with Crippen molar-refractivity contribution in [3.05, 3.63) is 109 Å². The van der Waals surface area contributed by atoms with Gasteiger partial charge in [-0.1, -0.05) is 156 Å². The Bertz CT molecular complexity index is 1090. The van der Waals surface area contributed by atoms with Gasteiger partial charge in [0.25, 0.3) is 0 Å². The maximum Gasteiger partial charge on any atom is 0.306 e. The van der Waals surface area contributed by atoms with Gasteiger partial charge in [0, 0.05) is 19.4 Å². The van der Waals surface area contributed by atoms with Crippen LogP contribution in [-0.4, -0.2) is 37.9 Å². The van der Waals surface area contributed by atoms with E-state index in [0.717, 1.165) is 96.3 Å². The summed E-state index contributed by atoms with van der Waals surface area (Å²) in [5.41, 5.74) is 0. The summed E-state index contributed by atoms with van der Waals surface area (Å²) in [6.07, 6.45) is 57.0. The van der Waals surface area contributed by atoms with Crippen LogP contribution in [0.3, 0.4) is 0 Å². The lowest BCUT2D eigenvalue weighted by Crippen LogP contribution is -2.30. The van der Waals surface area contributed by atoms with E-state index in [9.17, 15) is 9.59 Å². The first-order valence-corrected chi connectivity index (χ1v) is 20.4. The van der Waals surface area contributed by atoms with Gasteiger partial charge in [-0.2, -0.15) is 0 Å². The van der Waals surface area contributed by atoms with Gasteiger partial charge in [-0.3, -0.25) is 9.59 Å². The Morgan fingerprint density at radius 2 is 0.904 bits per heavy atom. The van der Waals surface area contributed by atoms with Crippen LogP contribution in [0.4, 0.5) is 0 Å². The second-order valence-electron chi connectivity index (χ2n) is 12.8. The summed E-state index contributed by atoms with van der Waals surface area (Å²) in [5, 5.41) is 0. The smallest absolute Gasteiger partial charge is 0.306 e. The fourth-order valence-corrected chi connectivity index (χ4v) is 4.84. The molecule has 0 aliphatic carbocycles. The fourth-order valence-electron chi connectivity index (χ4n) is 4.84. The number of unbranched alkanes of at least 4 members (excludes halogenated alkanes) is 6. The summed E-state index contributed by atoms with van der Waals surface area (Å²) < 4.78 is 17.0. The molecular weight excluding hydrogens is 645 g/mol. The van der Waals surface area contributed by atoms with Gasteiger partial charge in [0.05, 0.1) is 6.61 Å². The van der Waals surface area contributed by atoms with E-state index in [4.69, 9.17) is 14.2 Å². The molecule has 5 heteroatoms. The third-order valence-corrected chi connectivity index (χ3v) is 7.82. The number of ether oxygens (including phenoxy) is 3. The highest BCUT2D eigenvalue weighted by Crippen LogP contribution is 2.09. The zero-order valence-corrected chi connectivity index (χ0v) is 33.3. The molecule has 0 saturated heterocycles. The average molecular weight is 719 g/mol. The van der Waals surface area contributed by atoms with Gasteiger partial charge in [0.1, 0.15) is 6.61 Å².